The van der Waals surface area contributed by atoms with Gasteiger partial charge in [-0.05, 0) is 44.2 Å². The molecule has 0 saturated carbocycles. The number of aromatic nitrogens is 8. The standard InChI is InChI=1S/C27H34N6O3SSi.C21H20N6O2S.2CH4/c1-5-37(34,35)32-17-27(18-32,11-12-28)33-16-23(21-8-6-7-9-24(21)33)25-22-10-13-31(26(22)30-19-29-25)20-36-14-15-38(2,3)4;1-2-30(28,29)26-12-21(13-26,8-9-22)27-11-17(15-5-3-4-6-18(15)27)19-16-7-10-23-20(16)25-14-24-19;;/h6-10,13,16,19H,5,11,14-15,17-18,20H2,1-4H3;3-7,10-11,14H,2,8,12-13H2,1H3,(H,23,24,25);2*1H4. The second kappa shape index (κ2) is 19.9. The van der Waals surface area contributed by atoms with Gasteiger partial charge in [0.2, 0.25) is 20.0 Å². The number of H-pyrrole nitrogens is 1. The Morgan fingerprint density at radius 1 is 0.686 bits per heavy atom. The van der Waals surface area contributed by atoms with Crippen LogP contribution in [0.1, 0.15) is 41.5 Å². The van der Waals surface area contributed by atoms with Gasteiger partial charge in [0.1, 0.15) is 30.7 Å². The quantitative estimate of drug-likeness (QED) is 0.0757. The van der Waals surface area contributed by atoms with Crippen LogP contribution < -0.4 is 0 Å². The summed E-state index contributed by atoms with van der Waals surface area (Å²) < 4.78 is 64.7. The zero-order chi connectivity index (χ0) is 48.1. The van der Waals surface area contributed by atoms with Crippen LogP contribution in [0, 0.1) is 22.7 Å². The van der Waals surface area contributed by atoms with Gasteiger partial charge in [-0.2, -0.15) is 19.1 Å². The molecule has 1 N–H and O–H groups in total. The van der Waals surface area contributed by atoms with E-state index in [1.807, 2.05) is 90.0 Å². The SMILES string of the molecule is C.C.CCS(=O)(=O)N1CC(CC#N)(n2cc(-c3ncnc4[nH]ccc34)c3ccccc32)C1.CCS(=O)(=O)N1CC(CC#N)(n2cc(-c3ncnc4c3ccn4COCC[Si](C)(C)C)c3ccccc32)C1. The Bertz CT molecular complexity index is 3490. The summed E-state index contributed by atoms with van der Waals surface area (Å²) >= 11 is 0. The summed E-state index contributed by atoms with van der Waals surface area (Å²) in [5.74, 6) is 0.102. The van der Waals surface area contributed by atoms with E-state index in [0.717, 1.165) is 79.0 Å². The average molecular weight is 1000 g/mol. The maximum atomic E-state index is 12.5. The van der Waals surface area contributed by atoms with Gasteiger partial charge < -0.3 is 23.4 Å². The second-order valence-electron chi connectivity index (χ2n) is 18.9. The van der Waals surface area contributed by atoms with Crippen molar-refractivity contribution in [3.8, 4) is 34.7 Å². The molecular formula is C50H62N12O5S2Si. The Kier molecular flexibility index (Phi) is 14.6. The van der Waals surface area contributed by atoms with Crippen LogP contribution in [0.5, 0.6) is 0 Å². The number of sulfonamides is 2. The highest BCUT2D eigenvalue weighted by molar-refractivity contribution is 7.89. The van der Waals surface area contributed by atoms with Crippen LogP contribution in [0.3, 0.4) is 0 Å². The van der Waals surface area contributed by atoms with E-state index in [1.165, 1.54) is 14.9 Å². The minimum atomic E-state index is -3.32. The van der Waals surface area contributed by atoms with E-state index in [9.17, 15) is 27.4 Å². The molecule has 0 aliphatic carbocycles. The van der Waals surface area contributed by atoms with Crippen LogP contribution >= 0.6 is 0 Å². The highest BCUT2D eigenvalue weighted by Crippen LogP contribution is 2.43. The van der Waals surface area contributed by atoms with Gasteiger partial charge in [-0.15, -0.1) is 0 Å². The van der Waals surface area contributed by atoms with E-state index in [1.54, 1.807) is 20.2 Å². The molecule has 0 bridgehead atoms. The maximum absolute atomic E-state index is 12.5. The molecule has 10 rings (SSSR count). The lowest BCUT2D eigenvalue weighted by atomic mass is 9.88. The smallest absolute Gasteiger partial charge is 0.213 e. The van der Waals surface area contributed by atoms with Crippen molar-refractivity contribution in [1.82, 2.24) is 47.2 Å². The number of benzene rings is 2. The first kappa shape index (κ1) is 51.6. The highest BCUT2D eigenvalue weighted by atomic mass is 32.2. The maximum Gasteiger partial charge on any atom is 0.213 e. The first-order valence-electron chi connectivity index (χ1n) is 22.6. The minimum Gasteiger partial charge on any atom is -0.361 e. The number of hydrogen-bond donors (Lipinski definition) is 1. The van der Waals surface area contributed by atoms with Gasteiger partial charge in [-0.1, -0.05) is 70.9 Å². The van der Waals surface area contributed by atoms with Crippen LogP contribution in [-0.2, 0) is 42.6 Å². The molecule has 6 aromatic heterocycles. The number of rotatable bonds is 15. The third-order valence-corrected chi connectivity index (χ3v) is 18.6. The van der Waals surface area contributed by atoms with Crippen molar-refractivity contribution in [2.45, 2.75) is 85.0 Å². The summed E-state index contributed by atoms with van der Waals surface area (Å²) in [6.07, 6.45) is 11.4. The second-order valence-corrected chi connectivity index (χ2v) is 29.0. The lowest BCUT2D eigenvalue weighted by Gasteiger charge is -2.49. The van der Waals surface area contributed by atoms with E-state index >= 15 is 0 Å². The molecule has 0 unspecified atom stereocenters. The normalized spacial score (nSPS) is 15.8. The molecule has 2 aliphatic heterocycles. The zero-order valence-corrected chi connectivity index (χ0v) is 41.4. The van der Waals surface area contributed by atoms with Gasteiger partial charge in [-0.25, -0.2) is 36.8 Å². The minimum absolute atomic E-state index is 0. The van der Waals surface area contributed by atoms with Crippen LogP contribution in [0.15, 0.2) is 98.1 Å². The summed E-state index contributed by atoms with van der Waals surface area (Å²) in [4.78, 5) is 21.2. The first-order valence-corrected chi connectivity index (χ1v) is 29.6. The van der Waals surface area contributed by atoms with Gasteiger partial charge in [-0.3, -0.25) is 0 Å². The number of fused-ring (bicyclic) bond motifs is 4. The molecule has 8 heterocycles. The Labute approximate surface area is 411 Å². The Hall–Kier alpha value is -6.26. The molecule has 0 spiro atoms. The Morgan fingerprint density at radius 2 is 1.19 bits per heavy atom. The lowest BCUT2D eigenvalue weighted by Crippen LogP contribution is -2.64. The summed E-state index contributed by atoms with van der Waals surface area (Å²) in [6.45, 7) is 12.6. The van der Waals surface area contributed by atoms with Crippen LogP contribution in [0.4, 0.5) is 0 Å². The number of aromatic amines is 1. The molecular weight excluding hydrogens is 941 g/mol. The molecule has 2 saturated heterocycles. The Balaban J connectivity index is 0.000000205. The van der Waals surface area contributed by atoms with Gasteiger partial charge in [0.25, 0.3) is 0 Å². The predicted octanol–water partition coefficient (Wildman–Crippen LogP) is 8.77. The molecule has 70 heavy (non-hydrogen) atoms. The molecule has 8 aromatic rings. The third kappa shape index (κ3) is 9.27. The third-order valence-electron chi connectivity index (χ3n) is 13.3. The summed E-state index contributed by atoms with van der Waals surface area (Å²) in [5, 5.41) is 23.1. The summed E-state index contributed by atoms with van der Waals surface area (Å²) in [5.41, 5.74) is 5.71. The fourth-order valence-corrected chi connectivity index (χ4v) is 12.7. The summed E-state index contributed by atoms with van der Waals surface area (Å²) in [7, 11) is -7.78. The molecule has 368 valence electrons. The topological polar surface area (TPSA) is 214 Å². The van der Waals surface area contributed by atoms with Crippen LogP contribution in [0.2, 0.25) is 25.7 Å². The van der Waals surface area contributed by atoms with Crippen molar-refractivity contribution in [2.75, 3.05) is 44.3 Å². The van der Waals surface area contributed by atoms with Crippen molar-refractivity contribution >= 4 is 72.0 Å². The van der Waals surface area contributed by atoms with Gasteiger partial charge in [0.05, 0.1) is 59.0 Å². The molecule has 0 amide bonds. The molecule has 2 fully saturated rings. The number of nitrogens with zero attached hydrogens (tertiary/aromatic N) is 11. The zero-order valence-electron chi connectivity index (χ0n) is 38.8. The molecule has 2 aliphatic rings. The van der Waals surface area contributed by atoms with Crippen molar-refractivity contribution in [2.24, 2.45) is 0 Å². The van der Waals surface area contributed by atoms with Crippen molar-refractivity contribution in [1.29, 1.82) is 10.5 Å². The largest absolute Gasteiger partial charge is 0.361 e. The number of para-hydroxylation sites is 2. The van der Waals surface area contributed by atoms with Gasteiger partial charge >= 0.3 is 0 Å². The van der Waals surface area contributed by atoms with E-state index in [4.69, 9.17) is 4.74 Å². The monoisotopic (exact) mass is 1000 g/mol. The first-order chi connectivity index (χ1) is 32.6. The van der Waals surface area contributed by atoms with E-state index < -0.39 is 39.2 Å². The number of nitriles is 2. The number of hydrogen-bond acceptors (Lipinski definition) is 11. The molecule has 2 aromatic carbocycles. The van der Waals surface area contributed by atoms with Crippen LogP contribution in [-0.4, -0.2) is 116 Å². The fraction of sp³-hybridized carbons (Fsp3) is 0.400. The van der Waals surface area contributed by atoms with E-state index in [0.29, 0.717) is 6.73 Å². The Morgan fingerprint density at radius 3 is 1.69 bits per heavy atom. The van der Waals surface area contributed by atoms with Crippen molar-refractivity contribution < 1.29 is 21.6 Å². The van der Waals surface area contributed by atoms with E-state index in [2.05, 4.69) is 65.8 Å². The highest BCUT2D eigenvalue weighted by Gasteiger charge is 2.51. The van der Waals surface area contributed by atoms with Crippen molar-refractivity contribution in [3.05, 3.63) is 98.1 Å². The molecule has 17 nitrogen and oxygen atoms in total. The fourth-order valence-electron chi connectivity index (χ4n) is 9.44. The molecule has 0 radical (unpaired) electrons. The average Bonchev–Trinajstić information content (AvgIpc) is 4.12. The molecule has 20 heteroatoms. The van der Waals surface area contributed by atoms with E-state index in [-0.39, 0.29) is 65.4 Å². The predicted molar refractivity (Wildman–Crippen MR) is 279 cm³/mol. The van der Waals surface area contributed by atoms with Gasteiger partial charge in [0.15, 0.2) is 0 Å². The molecule has 0 atom stereocenters. The van der Waals surface area contributed by atoms with Gasteiger partial charge in [0, 0.05) is 109 Å². The number of nitrogens with one attached hydrogen (secondary N) is 1. The lowest BCUT2D eigenvalue weighted by molar-refractivity contribution is 0.0893. The number of ether oxygens (including phenoxy) is 1. The van der Waals surface area contributed by atoms with Crippen LogP contribution in [0.25, 0.3) is 66.4 Å². The summed E-state index contributed by atoms with van der Waals surface area (Å²) in [6, 6.07) is 25.6. The van der Waals surface area contributed by atoms with Crippen molar-refractivity contribution in [3.63, 3.8) is 0 Å².